The number of carbonyl (C=O) groups excluding carboxylic acids is 1. The van der Waals surface area contributed by atoms with Crippen LogP contribution >= 0.6 is 46.6 Å². The average molecular weight is 424 g/mol. The van der Waals surface area contributed by atoms with Gasteiger partial charge >= 0.3 is 5.97 Å². The Kier molecular flexibility index (Phi) is 6.91. The third-order valence-electron chi connectivity index (χ3n) is 3.33. The van der Waals surface area contributed by atoms with E-state index < -0.39 is 12.1 Å². The number of halogens is 3. The maximum absolute atomic E-state index is 11.8. The molecule has 0 saturated heterocycles. The van der Waals surface area contributed by atoms with Gasteiger partial charge < -0.3 is 9.47 Å². The van der Waals surface area contributed by atoms with Crippen molar-refractivity contribution < 1.29 is 14.3 Å². The molecule has 136 valence electrons. The lowest BCUT2D eigenvalue weighted by Gasteiger charge is -2.15. The number of thioether (sulfide) groups is 1. The van der Waals surface area contributed by atoms with E-state index in [4.69, 9.17) is 44.3 Å². The van der Waals surface area contributed by atoms with E-state index >= 15 is 0 Å². The molecule has 1 aromatic heterocycles. The first-order valence-electron chi connectivity index (χ1n) is 7.39. The van der Waals surface area contributed by atoms with Gasteiger partial charge in [0.1, 0.15) is 21.5 Å². The zero-order chi connectivity index (χ0) is 18.7. The van der Waals surface area contributed by atoms with Gasteiger partial charge in [0.25, 0.3) is 0 Å². The van der Waals surface area contributed by atoms with Crippen LogP contribution < -0.4 is 4.74 Å². The lowest BCUT2D eigenvalue weighted by Crippen LogP contribution is -2.26. The summed E-state index contributed by atoms with van der Waals surface area (Å²) in [6, 6.07) is 3.16. The lowest BCUT2D eigenvalue weighted by atomic mass is 10.1. The van der Waals surface area contributed by atoms with Crippen LogP contribution in [0.3, 0.4) is 0 Å². The Morgan fingerprint density at radius 3 is 2.56 bits per heavy atom. The van der Waals surface area contributed by atoms with Crippen LogP contribution in [-0.2, 0) is 16.6 Å². The highest BCUT2D eigenvalue weighted by Gasteiger charge is 2.22. The molecule has 0 spiro atoms. The van der Waals surface area contributed by atoms with E-state index in [-0.39, 0.29) is 11.6 Å². The number of ether oxygens (including phenoxy) is 2. The summed E-state index contributed by atoms with van der Waals surface area (Å²) < 4.78 is 12.2. The standard InChI is InChI=1S/C16H17Cl3N2O3S/c1-5-23-16(22)8(2)24-12-6-9(10(17)7-11(12)18)14-13(19)15(25-4)21(3)20-14/h6-8H,5H2,1-4H3. The minimum Gasteiger partial charge on any atom is -0.477 e. The van der Waals surface area contributed by atoms with Crippen LogP contribution in [0.2, 0.25) is 15.1 Å². The van der Waals surface area contributed by atoms with Gasteiger partial charge in [-0.2, -0.15) is 5.10 Å². The van der Waals surface area contributed by atoms with Crippen LogP contribution in [-0.4, -0.2) is 34.7 Å². The normalized spacial score (nSPS) is 12.1. The highest BCUT2D eigenvalue weighted by atomic mass is 35.5. The van der Waals surface area contributed by atoms with Crippen molar-refractivity contribution in [3.63, 3.8) is 0 Å². The SMILES string of the molecule is CCOC(=O)C(C)Oc1cc(-c2nn(C)c(SC)c2Cl)c(Cl)cc1Cl. The van der Waals surface area contributed by atoms with Crippen molar-refractivity contribution in [2.75, 3.05) is 12.9 Å². The van der Waals surface area contributed by atoms with E-state index in [1.54, 1.807) is 31.6 Å². The van der Waals surface area contributed by atoms with Gasteiger partial charge in [-0.25, -0.2) is 4.79 Å². The molecule has 5 nitrogen and oxygen atoms in total. The van der Waals surface area contributed by atoms with Crippen LogP contribution in [0.1, 0.15) is 13.8 Å². The third kappa shape index (κ3) is 4.37. The van der Waals surface area contributed by atoms with Crippen LogP contribution in [0.4, 0.5) is 0 Å². The average Bonchev–Trinajstić information content (AvgIpc) is 2.84. The number of carbonyl (C=O) groups is 1. The monoisotopic (exact) mass is 422 g/mol. The zero-order valence-electron chi connectivity index (χ0n) is 14.1. The number of hydrogen-bond acceptors (Lipinski definition) is 5. The fourth-order valence-electron chi connectivity index (χ4n) is 2.18. The van der Waals surface area contributed by atoms with Crippen LogP contribution in [0.15, 0.2) is 17.2 Å². The second-order valence-corrected chi connectivity index (χ2v) is 7.06. The van der Waals surface area contributed by atoms with Gasteiger partial charge in [0.05, 0.1) is 16.7 Å². The fraction of sp³-hybridized carbons (Fsp3) is 0.375. The Hall–Kier alpha value is -1.08. The van der Waals surface area contributed by atoms with Crippen LogP contribution in [0.25, 0.3) is 11.3 Å². The molecule has 0 radical (unpaired) electrons. The molecule has 0 bridgehead atoms. The highest BCUT2D eigenvalue weighted by Crippen LogP contribution is 2.41. The first-order chi connectivity index (χ1) is 11.8. The Labute approximate surface area is 165 Å². The number of rotatable bonds is 6. The molecule has 0 saturated carbocycles. The Morgan fingerprint density at radius 2 is 2.00 bits per heavy atom. The number of benzene rings is 1. The number of esters is 1. The van der Waals surface area contributed by atoms with Gasteiger partial charge in [0, 0.05) is 12.6 Å². The van der Waals surface area contributed by atoms with Gasteiger partial charge in [-0.1, -0.05) is 34.8 Å². The van der Waals surface area contributed by atoms with E-state index in [1.165, 1.54) is 17.8 Å². The molecule has 0 aliphatic carbocycles. The molecule has 1 atom stereocenters. The predicted molar refractivity (Wildman–Crippen MR) is 102 cm³/mol. The summed E-state index contributed by atoms with van der Waals surface area (Å²) in [6.07, 6.45) is 1.10. The molecule has 25 heavy (non-hydrogen) atoms. The van der Waals surface area contributed by atoms with E-state index in [9.17, 15) is 4.79 Å². The van der Waals surface area contributed by atoms with Gasteiger partial charge in [0.2, 0.25) is 0 Å². The molecule has 0 N–H and O–H groups in total. The van der Waals surface area contributed by atoms with E-state index in [1.807, 2.05) is 6.26 Å². The molecular formula is C16H17Cl3N2O3S. The lowest BCUT2D eigenvalue weighted by molar-refractivity contribution is -0.150. The Morgan fingerprint density at radius 1 is 1.32 bits per heavy atom. The molecule has 0 fully saturated rings. The summed E-state index contributed by atoms with van der Waals surface area (Å²) in [6.45, 7) is 3.58. The van der Waals surface area contributed by atoms with Crippen molar-refractivity contribution in [3.8, 4) is 17.0 Å². The highest BCUT2D eigenvalue weighted by molar-refractivity contribution is 7.98. The first-order valence-corrected chi connectivity index (χ1v) is 9.75. The largest absolute Gasteiger partial charge is 0.477 e. The van der Waals surface area contributed by atoms with Crippen LogP contribution in [0, 0.1) is 0 Å². The zero-order valence-corrected chi connectivity index (χ0v) is 17.2. The van der Waals surface area contributed by atoms with Crippen molar-refractivity contribution in [2.45, 2.75) is 25.0 Å². The smallest absolute Gasteiger partial charge is 0.347 e. The minimum absolute atomic E-state index is 0.271. The van der Waals surface area contributed by atoms with E-state index in [0.717, 1.165) is 5.03 Å². The molecule has 0 aliphatic rings. The van der Waals surface area contributed by atoms with Crippen molar-refractivity contribution in [1.29, 1.82) is 0 Å². The number of aromatic nitrogens is 2. The van der Waals surface area contributed by atoms with Gasteiger partial charge in [-0.15, -0.1) is 11.8 Å². The maximum atomic E-state index is 11.8. The first kappa shape index (κ1) is 20.2. The van der Waals surface area contributed by atoms with Crippen molar-refractivity contribution >= 4 is 52.5 Å². The summed E-state index contributed by atoms with van der Waals surface area (Å²) in [5.74, 6) is -0.176. The van der Waals surface area contributed by atoms with Crippen molar-refractivity contribution in [1.82, 2.24) is 9.78 Å². The summed E-state index contributed by atoms with van der Waals surface area (Å²) in [7, 11) is 1.80. The molecule has 2 rings (SSSR count). The number of hydrogen-bond donors (Lipinski definition) is 0. The quantitative estimate of drug-likeness (QED) is 0.478. The minimum atomic E-state index is -0.813. The van der Waals surface area contributed by atoms with Crippen LogP contribution in [0.5, 0.6) is 5.75 Å². The molecule has 9 heteroatoms. The maximum Gasteiger partial charge on any atom is 0.347 e. The van der Waals surface area contributed by atoms with Gasteiger partial charge in [-0.3, -0.25) is 4.68 Å². The fourth-order valence-corrected chi connectivity index (χ4v) is 3.77. The molecule has 1 unspecified atom stereocenters. The molecular weight excluding hydrogens is 407 g/mol. The predicted octanol–water partition coefficient (Wildman–Crippen LogP) is 5.10. The molecule has 0 aliphatic heterocycles. The Bertz CT molecular complexity index is 795. The Balaban J connectivity index is 2.43. The van der Waals surface area contributed by atoms with Crippen molar-refractivity contribution in [3.05, 3.63) is 27.2 Å². The summed E-state index contributed by atoms with van der Waals surface area (Å²) >= 11 is 20.4. The molecule has 2 aromatic rings. The topological polar surface area (TPSA) is 53.4 Å². The van der Waals surface area contributed by atoms with Gasteiger partial charge in [-0.05, 0) is 32.2 Å². The number of aryl methyl sites for hydroxylation is 1. The summed E-state index contributed by atoms with van der Waals surface area (Å²) in [5.41, 5.74) is 1.09. The van der Waals surface area contributed by atoms with E-state index in [2.05, 4.69) is 5.10 Å². The summed E-state index contributed by atoms with van der Waals surface area (Å²) in [4.78, 5) is 11.8. The second kappa shape index (κ2) is 8.54. The second-order valence-electron chi connectivity index (χ2n) is 5.07. The van der Waals surface area contributed by atoms with Crippen molar-refractivity contribution in [2.24, 2.45) is 7.05 Å². The number of nitrogens with zero attached hydrogens (tertiary/aromatic N) is 2. The molecule has 0 amide bonds. The third-order valence-corrected chi connectivity index (χ3v) is 5.27. The van der Waals surface area contributed by atoms with E-state index in [0.29, 0.717) is 27.1 Å². The van der Waals surface area contributed by atoms with Gasteiger partial charge in [0.15, 0.2) is 6.10 Å². The molecule has 1 aromatic carbocycles. The summed E-state index contributed by atoms with van der Waals surface area (Å²) in [5, 5.41) is 6.38. The molecule has 1 heterocycles.